The molecule has 9 rings (SSSR count). The Kier molecular flexibility index (Phi) is 6.41. The first-order valence-electron chi connectivity index (χ1n) is 19.8. The fraction of sp³-hybridized carbons (Fsp3) is 0.133. The lowest BCUT2D eigenvalue weighted by Gasteiger charge is -2.32. The zero-order valence-electron chi connectivity index (χ0n) is 34.2. The van der Waals surface area contributed by atoms with Crippen molar-refractivity contribution in [3.63, 3.8) is 0 Å². The van der Waals surface area contributed by atoms with Crippen LogP contribution in [0.3, 0.4) is 0 Å². The summed E-state index contributed by atoms with van der Waals surface area (Å²) >= 11 is 0. The highest BCUT2D eigenvalue weighted by Gasteiger charge is 2.51. The highest BCUT2D eigenvalue weighted by atomic mass is 16.7. The van der Waals surface area contributed by atoms with E-state index in [-0.39, 0.29) is 23.0 Å². The van der Waals surface area contributed by atoms with E-state index in [1.54, 1.807) is 0 Å². The van der Waals surface area contributed by atoms with E-state index in [0.717, 1.165) is 44.1 Å². The van der Waals surface area contributed by atoms with Gasteiger partial charge in [0.25, 0.3) is 0 Å². The van der Waals surface area contributed by atoms with Crippen molar-refractivity contribution in [1.29, 1.82) is 0 Å². The fourth-order valence-electron chi connectivity index (χ4n) is 6.78. The number of fused-ring (bicyclic) bond motifs is 3. The number of hydrogen-bond acceptors (Lipinski definition) is 5. The Balaban J connectivity index is 1.37. The smallest absolute Gasteiger partial charge is 0.399 e. The second kappa shape index (κ2) is 12.4. The number of rotatable bonds is 6. The molecule has 0 radical (unpaired) electrons. The quantitative estimate of drug-likeness (QED) is 0.164. The van der Waals surface area contributed by atoms with E-state index in [0.29, 0.717) is 11.1 Å². The average molecular weight is 682 g/mol. The van der Waals surface area contributed by atoms with Gasteiger partial charge in [-0.2, -0.15) is 0 Å². The SMILES string of the molecule is [2H]c1c([2H])c([2H])c(-c2nc(-c3ccccc3)nc(-c3cc(B4OC(C)(C)C(C)(C)O4)ccc3-n3c4ccccc4c4ccc(-c5ccccc5)cc43)n2)c([2H])c1[2H]. The Hall–Kier alpha value is -5.89. The predicted molar refractivity (Wildman–Crippen MR) is 212 cm³/mol. The van der Waals surface area contributed by atoms with Crippen LogP contribution in [0.5, 0.6) is 0 Å². The third-order valence-electron chi connectivity index (χ3n) is 10.2. The molecule has 0 spiro atoms. The van der Waals surface area contributed by atoms with Gasteiger partial charge in [0.1, 0.15) is 0 Å². The van der Waals surface area contributed by atoms with Gasteiger partial charge in [-0.3, -0.25) is 0 Å². The number of aromatic nitrogens is 4. The second-order valence-electron chi connectivity index (χ2n) is 14.0. The Bertz CT molecular complexity index is 2840. The summed E-state index contributed by atoms with van der Waals surface area (Å²) in [4.78, 5) is 14.8. The van der Waals surface area contributed by atoms with E-state index in [9.17, 15) is 0 Å². The van der Waals surface area contributed by atoms with Gasteiger partial charge in [-0.15, -0.1) is 0 Å². The van der Waals surface area contributed by atoms with Crippen LogP contribution in [-0.4, -0.2) is 37.8 Å². The van der Waals surface area contributed by atoms with Crippen molar-refractivity contribution in [3.8, 4) is 51.0 Å². The van der Waals surface area contributed by atoms with Crippen LogP contribution in [-0.2, 0) is 9.31 Å². The molecule has 6 aromatic carbocycles. The lowest BCUT2D eigenvalue weighted by Crippen LogP contribution is -2.41. The van der Waals surface area contributed by atoms with Gasteiger partial charge >= 0.3 is 7.12 Å². The van der Waals surface area contributed by atoms with Crippen molar-refractivity contribution in [2.75, 3.05) is 0 Å². The molecule has 0 N–H and O–H groups in total. The van der Waals surface area contributed by atoms with Crippen LogP contribution in [0, 0.1) is 0 Å². The third-order valence-corrected chi connectivity index (χ3v) is 10.2. The number of nitrogens with zero attached hydrogens (tertiary/aromatic N) is 4. The minimum Gasteiger partial charge on any atom is -0.399 e. The molecule has 1 fully saturated rings. The van der Waals surface area contributed by atoms with Crippen LogP contribution in [0.4, 0.5) is 0 Å². The molecule has 0 aliphatic carbocycles. The molecule has 1 saturated heterocycles. The van der Waals surface area contributed by atoms with Gasteiger partial charge in [-0.1, -0.05) is 127 Å². The number of para-hydroxylation sites is 1. The summed E-state index contributed by atoms with van der Waals surface area (Å²) < 4.78 is 58.2. The summed E-state index contributed by atoms with van der Waals surface area (Å²) in [7, 11) is -0.707. The summed E-state index contributed by atoms with van der Waals surface area (Å²) in [5, 5.41) is 2.13. The number of hydrogen-bond donors (Lipinski definition) is 0. The van der Waals surface area contributed by atoms with Gasteiger partial charge in [0.15, 0.2) is 17.5 Å². The Morgan fingerprint density at radius 2 is 1.13 bits per heavy atom. The van der Waals surface area contributed by atoms with Gasteiger partial charge in [-0.05, 0) is 68.6 Å². The first-order chi connectivity index (χ1) is 27.3. The maximum absolute atomic E-state index is 8.86. The van der Waals surface area contributed by atoms with Crippen molar-refractivity contribution in [2.45, 2.75) is 38.9 Å². The summed E-state index contributed by atoms with van der Waals surface area (Å²) in [6.45, 7) is 8.04. The zero-order valence-corrected chi connectivity index (χ0v) is 29.2. The Morgan fingerprint density at radius 3 is 1.85 bits per heavy atom. The lowest BCUT2D eigenvalue weighted by atomic mass is 9.78. The van der Waals surface area contributed by atoms with Crippen molar-refractivity contribution in [2.24, 2.45) is 0 Å². The maximum atomic E-state index is 8.86. The molecular weight excluding hydrogens is 639 g/mol. The monoisotopic (exact) mass is 681 g/mol. The minimum absolute atomic E-state index is 0.0450. The van der Waals surface area contributed by atoms with Crippen LogP contribution >= 0.6 is 0 Å². The molecule has 0 unspecified atom stereocenters. The van der Waals surface area contributed by atoms with E-state index in [4.69, 9.17) is 31.1 Å². The van der Waals surface area contributed by atoms with Gasteiger partial charge in [-0.25, -0.2) is 15.0 Å². The largest absolute Gasteiger partial charge is 0.494 e. The molecule has 6 nitrogen and oxygen atoms in total. The molecule has 0 amide bonds. The second-order valence-corrected chi connectivity index (χ2v) is 14.0. The topological polar surface area (TPSA) is 62.1 Å². The summed E-state index contributed by atoms with van der Waals surface area (Å²) in [5.41, 5.74) is 5.51. The van der Waals surface area contributed by atoms with Crippen LogP contribution in [0.15, 0.2) is 152 Å². The molecule has 0 bridgehead atoms. The van der Waals surface area contributed by atoms with E-state index in [1.807, 2.05) is 107 Å². The van der Waals surface area contributed by atoms with E-state index in [2.05, 4.69) is 47.0 Å². The van der Waals surface area contributed by atoms with Crippen LogP contribution in [0.1, 0.15) is 34.5 Å². The van der Waals surface area contributed by atoms with Crippen LogP contribution in [0.2, 0.25) is 0 Å². The molecular formula is C45H37BN4O2. The fourth-order valence-corrected chi connectivity index (χ4v) is 6.78. The summed E-state index contributed by atoms with van der Waals surface area (Å²) in [6.07, 6.45) is 0. The number of benzene rings is 6. The summed E-state index contributed by atoms with van der Waals surface area (Å²) in [5.74, 6) is 0.476. The molecule has 3 heterocycles. The van der Waals surface area contributed by atoms with Gasteiger partial charge < -0.3 is 13.9 Å². The highest BCUT2D eigenvalue weighted by molar-refractivity contribution is 6.62. The molecule has 7 heteroatoms. The van der Waals surface area contributed by atoms with Crippen molar-refractivity contribution >= 4 is 34.4 Å². The lowest BCUT2D eigenvalue weighted by molar-refractivity contribution is 0.00578. The Morgan fingerprint density at radius 1 is 0.538 bits per heavy atom. The zero-order chi connectivity index (χ0) is 39.8. The van der Waals surface area contributed by atoms with E-state index >= 15 is 0 Å². The minimum atomic E-state index is -0.707. The normalized spacial score (nSPS) is 16.4. The van der Waals surface area contributed by atoms with Crippen molar-refractivity contribution in [1.82, 2.24) is 19.5 Å². The first-order valence-corrected chi connectivity index (χ1v) is 17.3. The first kappa shape index (κ1) is 26.9. The molecule has 52 heavy (non-hydrogen) atoms. The molecule has 252 valence electrons. The third kappa shape index (κ3) is 5.50. The summed E-state index contributed by atoms with van der Waals surface area (Å²) in [6, 6.07) is 38.1. The van der Waals surface area contributed by atoms with E-state index in [1.165, 1.54) is 0 Å². The highest BCUT2D eigenvalue weighted by Crippen LogP contribution is 2.40. The maximum Gasteiger partial charge on any atom is 0.494 e. The van der Waals surface area contributed by atoms with Crippen LogP contribution < -0.4 is 5.46 Å². The van der Waals surface area contributed by atoms with Gasteiger partial charge in [0.2, 0.25) is 0 Å². The molecule has 1 aliphatic heterocycles. The van der Waals surface area contributed by atoms with Gasteiger partial charge in [0, 0.05) is 27.5 Å². The van der Waals surface area contributed by atoms with Crippen LogP contribution in [0.25, 0.3) is 72.8 Å². The molecule has 1 aliphatic rings. The van der Waals surface area contributed by atoms with Crippen molar-refractivity contribution in [3.05, 3.63) is 152 Å². The Labute approximate surface area is 310 Å². The standard InChI is InChI=1S/C45H37BN4O2/c1-44(2)45(3,4)52-46(51-44)34-25-27-39(50-38-23-15-14-22-35(38)36-26-24-33(28-40(36)50)30-16-8-5-9-17-30)37(29-34)43-48-41(31-18-10-6-11-19-31)47-42(49-43)32-20-12-7-13-21-32/h5-29H,1-4H3/i6D,10D,11D,18D,19D. The molecule has 0 saturated carbocycles. The average Bonchev–Trinajstić information content (AvgIpc) is 3.67. The van der Waals surface area contributed by atoms with E-state index < -0.39 is 48.5 Å². The molecule has 0 atom stereocenters. The predicted octanol–water partition coefficient (Wildman–Crippen LogP) is 9.94. The van der Waals surface area contributed by atoms with Crippen molar-refractivity contribution < 1.29 is 16.2 Å². The van der Waals surface area contributed by atoms with Gasteiger partial charge in [0.05, 0.1) is 34.8 Å². The molecule has 2 aromatic heterocycles. The molecule has 8 aromatic rings.